The Morgan fingerprint density at radius 1 is 1.19 bits per heavy atom. The van der Waals surface area contributed by atoms with Crippen molar-refractivity contribution in [1.29, 1.82) is 0 Å². The average molecular weight is 446 g/mol. The van der Waals surface area contributed by atoms with E-state index in [0.29, 0.717) is 31.5 Å². The Balaban J connectivity index is 1.75. The van der Waals surface area contributed by atoms with Crippen LogP contribution < -0.4 is 16.6 Å². The van der Waals surface area contributed by atoms with Gasteiger partial charge in [0.25, 0.3) is 5.56 Å². The van der Waals surface area contributed by atoms with E-state index in [0.717, 1.165) is 24.9 Å². The van der Waals surface area contributed by atoms with E-state index in [9.17, 15) is 14.4 Å². The molecular weight excluding hydrogens is 418 g/mol. The molecule has 0 saturated carbocycles. The largest absolute Gasteiger partial charge is 0.332 e. The van der Waals surface area contributed by atoms with Gasteiger partial charge in [0, 0.05) is 24.7 Å². The van der Waals surface area contributed by atoms with Gasteiger partial charge in [-0.25, -0.2) is 4.79 Å². The number of carbonyl (C=O) groups is 1. The Kier molecular flexibility index (Phi) is 7.68. The number of amides is 1. The smallest absolute Gasteiger partial charge is 0.326 e. The van der Waals surface area contributed by atoms with Crippen molar-refractivity contribution in [3.8, 4) is 0 Å². The Morgan fingerprint density at radius 3 is 2.65 bits per heavy atom. The molecule has 0 bridgehead atoms. The minimum absolute atomic E-state index is 0.0822. The molecule has 166 valence electrons. The summed E-state index contributed by atoms with van der Waals surface area (Å²) in [6.07, 6.45) is 4.15. The van der Waals surface area contributed by atoms with Gasteiger partial charge in [-0.1, -0.05) is 38.0 Å². The SMILES string of the molecule is CCCCCn1c(=O)n(C(C)CCCC(=O)Nc2ccccc2)c(=O)c2[nH]c(Cl)nc21. The number of H-pyrrole nitrogens is 1. The Bertz CT molecular complexity index is 1150. The number of unbranched alkanes of at least 4 members (excludes halogenated alkanes) is 2. The maximum atomic E-state index is 13.1. The van der Waals surface area contributed by atoms with E-state index >= 15 is 0 Å². The Hall–Kier alpha value is -2.87. The summed E-state index contributed by atoms with van der Waals surface area (Å²) in [4.78, 5) is 45.2. The molecule has 0 spiro atoms. The number of aromatic amines is 1. The van der Waals surface area contributed by atoms with Crippen molar-refractivity contribution in [2.75, 3.05) is 5.32 Å². The van der Waals surface area contributed by atoms with E-state index in [1.54, 1.807) is 0 Å². The summed E-state index contributed by atoms with van der Waals surface area (Å²) in [7, 11) is 0. The van der Waals surface area contributed by atoms with Crippen molar-refractivity contribution in [2.45, 2.75) is 65.0 Å². The van der Waals surface area contributed by atoms with Crippen LogP contribution in [0.5, 0.6) is 0 Å². The zero-order chi connectivity index (χ0) is 22.4. The van der Waals surface area contributed by atoms with Crippen molar-refractivity contribution < 1.29 is 4.79 Å². The lowest BCUT2D eigenvalue weighted by Crippen LogP contribution is -2.42. The van der Waals surface area contributed by atoms with E-state index in [4.69, 9.17) is 11.6 Å². The van der Waals surface area contributed by atoms with Crippen LogP contribution in [0.3, 0.4) is 0 Å². The summed E-state index contributed by atoms with van der Waals surface area (Å²) in [5.74, 6) is -0.0986. The number of hydrogen-bond acceptors (Lipinski definition) is 4. The Labute approximate surface area is 185 Å². The third-order valence-corrected chi connectivity index (χ3v) is 5.47. The number of hydrogen-bond donors (Lipinski definition) is 2. The van der Waals surface area contributed by atoms with Gasteiger partial charge in [0.15, 0.2) is 11.2 Å². The molecule has 0 aliphatic heterocycles. The van der Waals surface area contributed by atoms with E-state index in [1.807, 2.05) is 37.3 Å². The highest BCUT2D eigenvalue weighted by atomic mass is 35.5. The minimum Gasteiger partial charge on any atom is -0.326 e. The number of anilines is 1. The third-order valence-electron chi connectivity index (χ3n) is 5.29. The van der Waals surface area contributed by atoms with Gasteiger partial charge < -0.3 is 10.3 Å². The highest BCUT2D eigenvalue weighted by molar-refractivity contribution is 6.28. The van der Waals surface area contributed by atoms with Gasteiger partial charge in [-0.15, -0.1) is 0 Å². The average Bonchev–Trinajstić information content (AvgIpc) is 3.13. The topological polar surface area (TPSA) is 102 Å². The molecule has 2 aromatic heterocycles. The minimum atomic E-state index is -0.438. The maximum Gasteiger partial charge on any atom is 0.332 e. The molecule has 3 aromatic rings. The zero-order valence-corrected chi connectivity index (χ0v) is 18.6. The number of nitrogens with one attached hydrogen (secondary N) is 2. The Morgan fingerprint density at radius 2 is 1.94 bits per heavy atom. The molecule has 1 amide bonds. The second-order valence-electron chi connectivity index (χ2n) is 7.70. The first-order valence-electron chi connectivity index (χ1n) is 10.7. The van der Waals surface area contributed by atoms with Crippen LogP contribution in [0.1, 0.15) is 58.4 Å². The summed E-state index contributed by atoms with van der Waals surface area (Å²) in [6.45, 7) is 4.37. The van der Waals surface area contributed by atoms with Crippen molar-refractivity contribution in [3.63, 3.8) is 0 Å². The molecule has 3 rings (SSSR count). The number of nitrogens with zero attached hydrogens (tertiary/aromatic N) is 3. The molecule has 2 N–H and O–H groups in total. The molecule has 0 aliphatic rings. The monoisotopic (exact) mass is 445 g/mol. The number of fused-ring (bicyclic) bond motifs is 1. The van der Waals surface area contributed by atoms with Gasteiger partial charge in [-0.3, -0.25) is 18.7 Å². The van der Waals surface area contributed by atoms with Crippen LogP contribution in [-0.4, -0.2) is 25.0 Å². The van der Waals surface area contributed by atoms with Crippen LogP contribution in [0.15, 0.2) is 39.9 Å². The number of halogens is 1. The number of aryl methyl sites for hydroxylation is 1. The van der Waals surface area contributed by atoms with E-state index in [-0.39, 0.29) is 22.7 Å². The number of benzene rings is 1. The van der Waals surface area contributed by atoms with Crippen molar-refractivity contribution in [1.82, 2.24) is 19.1 Å². The second kappa shape index (κ2) is 10.4. The lowest BCUT2D eigenvalue weighted by molar-refractivity contribution is -0.116. The second-order valence-corrected chi connectivity index (χ2v) is 8.06. The molecule has 0 saturated heterocycles. The van der Waals surface area contributed by atoms with Crippen LogP contribution in [-0.2, 0) is 11.3 Å². The van der Waals surface area contributed by atoms with Gasteiger partial charge in [0.2, 0.25) is 11.2 Å². The normalized spacial score (nSPS) is 12.2. The molecule has 0 fully saturated rings. The van der Waals surface area contributed by atoms with Crippen molar-refractivity contribution in [3.05, 3.63) is 56.5 Å². The number of para-hydroxylation sites is 1. The standard InChI is InChI=1S/C22H28ClN5O3/c1-3-4-8-14-27-19-18(25-21(23)26-19)20(30)28(22(27)31)15(2)10-9-13-17(29)24-16-11-6-5-7-12-16/h5-7,11-12,15H,3-4,8-10,13-14H2,1-2H3,(H,24,29)(H,25,26). The molecule has 31 heavy (non-hydrogen) atoms. The summed E-state index contributed by atoms with van der Waals surface area (Å²) >= 11 is 5.98. The zero-order valence-electron chi connectivity index (χ0n) is 17.9. The quantitative estimate of drug-likeness (QED) is 0.362. The lowest BCUT2D eigenvalue weighted by Gasteiger charge is -2.17. The first kappa shape index (κ1) is 22.8. The maximum absolute atomic E-state index is 13.1. The number of imidazole rings is 1. The molecule has 2 heterocycles. The fraction of sp³-hybridized carbons (Fsp3) is 0.455. The molecule has 8 nitrogen and oxygen atoms in total. The molecule has 1 atom stereocenters. The van der Waals surface area contributed by atoms with E-state index in [2.05, 4.69) is 22.2 Å². The van der Waals surface area contributed by atoms with Gasteiger partial charge in [0.05, 0.1) is 0 Å². The summed E-state index contributed by atoms with van der Waals surface area (Å²) < 4.78 is 2.77. The molecule has 0 radical (unpaired) electrons. The van der Waals surface area contributed by atoms with Crippen LogP contribution in [0.25, 0.3) is 11.2 Å². The van der Waals surface area contributed by atoms with Crippen LogP contribution in [0.4, 0.5) is 5.69 Å². The van der Waals surface area contributed by atoms with Gasteiger partial charge in [-0.2, -0.15) is 4.98 Å². The third kappa shape index (κ3) is 5.44. The summed E-state index contributed by atoms with van der Waals surface area (Å²) in [5.41, 5.74) is 0.440. The number of aromatic nitrogens is 4. The van der Waals surface area contributed by atoms with Gasteiger partial charge >= 0.3 is 5.69 Å². The molecule has 1 aromatic carbocycles. The van der Waals surface area contributed by atoms with Crippen LogP contribution in [0, 0.1) is 0 Å². The fourth-order valence-electron chi connectivity index (χ4n) is 3.65. The van der Waals surface area contributed by atoms with Crippen molar-refractivity contribution in [2.24, 2.45) is 0 Å². The molecule has 0 aliphatic carbocycles. The van der Waals surface area contributed by atoms with Crippen LogP contribution in [0.2, 0.25) is 5.28 Å². The van der Waals surface area contributed by atoms with Gasteiger partial charge in [-0.05, 0) is 49.9 Å². The van der Waals surface area contributed by atoms with E-state index < -0.39 is 11.2 Å². The summed E-state index contributed by atoms with van der Waals surface area (Å²) in [6, 6.07) is 8.88. The van der Waals surface area contributed by atoms with Crippen molar-refractivity contribution >= 4 is 34.4 Å². The van der Waals surface area contributed by atoms with E-state index in [1.165, 1.54) is 9.13 Å². The number of rotatable bonds is 10. The van der Waals surface area contributed by atoms with Gasteiger partial charge in [0.1, 0.15) is 0 Å². The molecule has 1 unspecified atom stereocenters. The molecular formula is C22H28ClN5O3. The summed E-state index contributed by atoms with van der Waals surface area (Å²) in [5, 5.41) is 2.92. The first-order chi connectivity index (χ1) is 14.9. The lowest BCUT2D eigenvalue weighted by atomic mass is 10.1. The first-order valence-corrected chi connectivity index (χ1v) is 11.1. The predicted molar refractivity (Wildman–Crippen MR) is 123 cm³/mol. The highest BCUT2D eigenvalue weighted by Crippen LogP contribution is 2.16. The fourth-order valence-corrected chi connectivity index (χ4v) is 3.83. The predicted octanol–water partition coefficient (Wildman–Crippen LogP) is 4.10. The number of carbonyl (C=O) groups excluding carboxylic acids is 1. The van der Waals surface area contributed by atoms with Crippen LogP contribution >= 0.6 is 11.6 Å². The molecule has 9 heteroatoms. The highest BCUT2D eigenvalue weighted by Gasteiger charge is 2.20.